The third-order valence-electron chi connectivity index (χ3n) is 5.50. The van der Waals surface area contributed by atoms with E-state index < -0.39 is 5.60 Å². The van der Waals surface area contributed by atoms with Gasteiger partial charge in [-0.2, -0.15) is 0 Å². The molecule has 1 saturated heterocycles. The van der Waals surface area contributed by atoms with Gasteiger partial charge in [0, 0.05) is 33.2 Å². The van der Waals surface area contributed by atoms with Gasteiger partial charge in [0.25, 0.3) is 0 Å². The van der Waals surface area contributed by atoms with E-state index in [1.54, 1.807) is 19.0 Å². The maximum absolute atomic E-state index is 12.1. The second kappa shape index (κ2) is 12.0. The molecule has 2 rings (SSSR count). The zero-order valence-electron chi connectivity index (χ0n) is 19.4. The molecule has 0 aromatic carbocycles. The zero-order chi connectivity index (χ0) is 21.6. The summed E-state index contributed by atoms with van der Waals surface area (Å²) in [5, 5.41) is 6.57. The molecule has 0 radical (unpaired) electrons. The molecule has 0 bridgehead atoms. The van der Waals surface area contributed by atoms with Crippen molar-refractivity contribution in [1.82, 2.24) is 20.4 Å². The first-order chi connectivity index (χ1) is 13.5. The van der Waals surface area contributed by atoms with Gasteiger partial charge in [-0.15, -0.1) is 24.0 Å². The summed E-state index contributed by atoms with van der Waals surface area (Å²) >= 11 is 0. The minimum absolute atomic E-state index is 0. The van der Waals surface area contributed by atoms with E-state index in [0.717, 1.165) is 25.3 Å². The number of ether oxygens (including phenoxy) is 1. The molecule has 1 aliphatic heterocycles. The van der Waals surface area contributed by atoms with Crippen molar-refractivity contribution in [2.45, 2.75) is 77.5 Å². The summed E-state index contributed by atoms with van der Waals surface area (Å²) in [6.07, 6.45) is 5.26. The van der Waals surface area contributed by atoms with Crippen molar-refractivity contribution in [3.05, 3.63) is 0 Å². The van der Waals surface area contributed by atoms with Crippen LogP contribution in [0.4, 0.5) is 4.79 Å². The van der Waals surface area contributed by atoms with Gasteiger partial charge < -0.3 is 25.2 Å². The smallest absolute Gasteiger partial charge is 0.407 e. The predicted molar refractivity (Wildman–Crippen MR) is 130 cm³/mol. The quantitative estimate of drug-likeness (QED) is 0.327. The number of guanidine groups is 1. The number of halogens is 1. The minimum Gasteiger partial charge on any atom is -0.444 e. The lowest BCUT2D eigenvalue weighted by molar-refractivity contribution is -0.127. The number of amides is 2. The molecule has 2 N–H and O–H groups in total. The minimum atomic E-state index is -0.514. The fourth-order valence-corrected chi connectivity index (χ4v) is 3.76. The normalized spacial score (nSPS) is 24.7. The van der Waals surface area contributed by atoms with Crippen molar-refractivity contribution >= 4 is 41.9 Å². The van der Waals surface area contributed by atoms with Crippen molar-refractivity contribution < 1.29 is 14.3 Å². The molecule has 8 nitrogen and oxygen atoms in total. The van der Waals surface area contributed by atoms with Gasteiger partial charge in [-0.05, 0) is 46.0 Å². The van der Waals surface area contributed by atoms with Crippen LogP contribution in [0, 0.1) is 5.92 Å². The number of nitrogens with one attached hydrogen (secondary N) is 2. The Morgan fingerprint density at radius 3 is 2.40 bits per heavy atom. The molecular weight excluding hydrogens is 497 g/mol. The van der Waals surface area contributed by atoms with Gasteiger partial charge in [0.15, 0.2) is 5.96 Å². The lowest BCUT2D eigenvalue weighted by atomic mass is 9.86. The molecule has 30 heavy (non-hydrogen) atoms. The van der Waals surface area contributed by atoms with Crippen LogP contribution in [0.3, 0.4) is 0 Å². The molecule has 3 atom stereocenters. The van der Waals surface area contributed by atoms with Gasteiger partial charge in [-0.1, -0.05) is 19.8 Å². The van der Waals surface area contributed by atoms with Gasteiger partial charge in [0.1, 0.15) is 12.1 Å². The van der Waals surface area contributed by atoms with Crippen LogP contribution < -0.4 is 10.6 Å². The number of alkyl carbamates (subject to hydrolysis) is 1. The van der Waals surface area contributed by atoms with Crippen molar-refractivity contribution in [3.8, 4) is 0 Å². The first kappa shape index (κ1) is 26.8. The molecule has 9 heteroatoms. The number of hydrogen-bond donors (Lipinski definition) is 2. The van der Waals surface area contributed by atoms with E-state index in [0.29, 0.717) is 18.5 Å². The fraction of sp³-hybridized carbons (Fsp3) is 0.857. The zero-order valence-corrected chi connectivity index (χ0v) is 21.7. The predicted octanol–water partition coefficient (Wildman–Crippen LogP) is 2.82. The number of likely N-dealkylation sites (tertiary alicyclic amines) is 1. The molecule has 1 aliphatic carbocycles. The average molecular weight is 537 g/mol. The standard InChI is InChI=1S/C21H39N5O3.HI/c1-15-9-7-8-10-17(15)24-19(22-13-18(27)25(5)6)26-12-11-16(14-26)23-20(28)29-21(2,3)4;/h15-17H,7-14H2,1-6H3,(H,22,24)(H,23,28);1H. The van der Waals surface area contributed by atoms with E-state index in [2.05, 4.69) is 27.4 Å². The molecule has 1 saturated carbocycles. The molecule has 0 spiro atoms. The molecule has 2 amide bonds. The van der Waals surface area contributed by atoms with E-state index in [1.807, 2.05) is 20.8 Å². The van der Waals surface area contributed by atoms with Crippen LogP contribution in [-0.2, 0) is 9.53 Å². The lowest BCUT2D eigenvalue weighted by Gasteiger charge is -2.33. The second-order valence-corrected chi connectivity index (χ2v) is 9.52. The summed E-state index contributed by atoms with van der Waals surface area (Å²) in [7, 11) is 3.48. The fourth-order valence-electron chi connectivity index (χ4n) is 3.76. The number of nitrogens with zero attached hydrogens (tertiary/aromatic N) is 3. The van der Waals surface area contributed by atoms with Crippen molar-refractivity contribution in [2.75, 3.05) is 33.7 Å². The molecule has 0 aromatic rings. The highest BCUT2D eigenvalue weighted by molar-refractivity contribution is 14.0. The van der Waals surface area contributed by atoms with Crippen LogP contribution in [-0.4, -0.2) is 79.2 Å². The number of carbonyl (C=O) groups is 2. The highest BCUT2D eigenvalue weighted by Gasteiger charge is 2.30. The molecule has 2 aliphatic rings. The summed E-state index contributed by atoms with van der Waals surface area (Å²) < 4.78 is 5.37. The summed E-state index contributed by atoms with van der Waals surface area (Å²) in [5.74, 6) is 1.33. The SMILES string of the molecule is CC1CCCCC1NC(=NCC(=O)N(C)C)N1CCC(NC(=O)OC(C)(C)C)C1.I. The van der Waals surface area contributed by atoms with Crippen molar-refractivity contribution in [2.24, 2.45) is 10.9 Å². The van der Waals surface area contributed by atoms with Crippen LogP contribution in [0.5, 0.6) is 0 Å². The van der Waals surface area contributed by atoms with E-state index in [4.69, 9.17) is 4.74 Å². The monoisotopic (exact) mass is 537 g/mol. The molecular formula is C21H40IN5O3. The number of likely N-dealkylation sites (N-methyl/N-ethyl adjacent to an activating group) is 1. The molecule has 1 heterocycles. The topological polar surface area (TPSA) is 86.3 Å². The Balaban J connectivity index is 0.00000450. The van der Waals surface area contributed by atoms with Gasteiger partial charge >= 0.3 is 6.09 Å². The van der Waals surface area contributed by atoms with E-state index in [9.17, 15) is 9.59 Å². The Kier molecular flexibility index (Phi) is 10.7. The summed E-state index contributed by atoms with van der Waals surface area (Å²) in [5.41, 5.74) is -0.514. The van der Waals surface area contributed by atoms with Gasteiger partial charge in [0.05, 0.1) is 6.04 Å². The molecule has 2 fully saturated rings. The maximum atomic E-state index is 12.1. The molecule has 3 unspecified atom stereocenters. The largest absolute Gasteiger partial charge is 0.444 e. The maximum Gasteiger partial charge on any atom is 0.407 e. The second-order valence-electron chi connectivity index (χ2n) is 9.52. The van der Waals surface area contributed by atoms with Crippen LogP contribution >= 0.6 is 24.0 Å². The van der Waals surface area contributed by atoms with E-state index in [-0.39, 0.29) is 48.6 Å². The Morgan fingerprint density at radius 2 is 1.80 bits per heavy atom. The Hall–Kier alpha value is -1.26. The highest BCUT2D eigenvalue weighted by Crippen LogP contribution is 2.24. The highest BCUT2D eigenvalue weighted by atomic mass is 127. The molecule has 174 valence electrons. The van der Waals surface area contributed by atoms with Crippen LogP contribution in [0.2, 0.25) is 0 Å². The third kappa shape index (κ3) is 8.85. The van der Waals surface area contributed by atoms with Crippen LogP contribution in [0.1, 0.15) is 59.8 Å². The average Bonchev–Trinajstić information content (AvgIpc) is 3.06. The first-order valence-corrected chi connectivity index (χ1v) is 10.8. The number of hydrogen-bond acceptors (Lipinski definition) is 4. The van der Waals surface area contributed by atoms with Gasteiger partial charge in [0.2, 0.25) is 5.91 Å². The third-order valence-corrected chi connectivity index (χ3v) is 5.50. The van der Waals surface area contributed by atoms with E-state index >= 15 is 0 Å². The van der Waals surface area contributed by atoms with Crippen LogP contribution in [0.15, 0.2) is 4.99 Å². The van der Waals surface area contributed by atoms with Gasteiger partial charge in [-0.3, -0.25) is 4.79 Å². The number of rotatable bonds is 4. The molecule has 0 aromatic heterocycles. The Bertz CT molecular complexity index is 606. The summed E-state index contributed by atoms with van der Waals surface area (Å²) in [6.45, 7) is 9.40. The van der Waals surface area contributed by atoms with Crippen molar-refractivity contribution in [3.63, 3.8) is 0 Å². The number of carbonyl (C=O) groups excluding carboxylic acids is 2. The first-order valence-electron chi connectivity index (χ1n) is 10.8. The summed E-state index contributed by atoms with van der Waals surface area (Å²) in [4.78, 5) is 32.5. The van der Waals surface area contributed by atoms with Crippen LogP contribution in [0.25, 0.3) is 0 Å². The lowest BCUT2D eigenvalue weighted by Crippen LogP contribution is -2.49. The number of aliphatic imine (C=N–C) groups is 1. The summed E-state index contributed by atoms with van der Waals surface area (Å²) in [6, 6.07) is 0.375. The van der Waals surface area contributed by atoms with Gasteiger partial charge in [-0.25, -0.2) is 9.79 Å². The Labute approximate surface area is 198 Å². The van der Waals surface area contributed by atoms with Crippen molar-refractivity contribution in [1.29, 1.82) is 0 Å². The Morgan fingerprint density at radius 1 is 1.13 bits per heavy atom. The van der Waals surface area contributed by atoms with E-state index in [1.165, 1.54) is 19.3 Å².